The highest BCUT2D eigenvalue weighted by Crippen LogP contribution is 2.27. The number of carbonyl (C=O) groups is 1. The molecule has 0 radical (unpaired) electrons. The highest BCUT2D eigenvalue weighted by molar-refractivity contribution is 5.78. The minimum atomic E-state index is -1.02. The smallest absolute Gasteiger partial charge is 0.254 e. The van der Waals surface area contributed by atoms with Crippen LogP contribution in [0.4, 0.5) is 10.2 Å². The van der Waals surface area contributed by atoms with Gasteiger partial charge in [0.2, 0.25) is 0 Å². The van der Waals surface area contributed by atoms with Crippen molar-refractivity contribution in [2.24, 2.45) is 0 Å². The molecular weight excluding hydrogens is 337 g/mol. The van der Waals surface area contributed by atoms with Crippen molar-refractivity contribution in [3.05, 3.63) is 42.7 Å². The minimum Gasteiger partial charge on any atom is -0.492 e. The van der Waals surface area contributed by atoms with Crippen LogP contribution in [0.3, 0.4) is 0 Å². The molecule has 0 aliphatic carbocycles. The Morgan fingerprint density at radius 2 is 2.23 bits per heavy atom. The van der Waals surface area contributed by atoms with Gasteiger partial charge in [0, 0.05) is 24.8 Å². The van der Waals surface area contributed by atoms with Crippen LogP contribution in [0.25, 0.3) is 16.8 Å². The van der Waals surface area contributed by atoms with Gasteiger partial charge in [-0.15, -0.1) is 0 Å². The van der Waals surface area contributed by atoms with E-state index < -0.39 is 12.6 Å². The van der Waals surface area contributed by atoms with Crippen LogP contribution in [0.15, 0.2) is 42.7 Å². The lowest BCUT2D eigenvalue weighted by molar-refractivity contribution is -0.132. The standard InChI is InChI=1S/C18H18FN5O2/c19-11-17(25)23-7-5-20-16-4-6-24-18(22-16)15(12-21-24)13-2-1-3-14(10-13)26-9-8-23/h1-4,6,10,12H,5,7-9,11H2,(H,20,22). The van der Waals surface area contributed by atoms with E-state index in [-0.39, 0.29) is 0 Å². The molecule has 0 spiro atoms. The molecule has 8 heteroatoms. The lowest BCUT2D eigenvalue weighted by Gasteiger charge is -2.22. The Bertz CT molecular complexity index is 942. The number of nitrogens with zero attached hydrogens (tertiary/aromatic N) is 4. The number of hydrogen-bond acceptors (Lipinski definition) is 5. The van der Waals surface area contributed by atoms with Crippen molar-refractivity contribution < 1.29 is 13.9 Å². The molecule has 3 aromatic rings. The lowest BCUT2D eigenvalue weighted by Crippen LogP contribution is -2.39. The zero-order valence-corrected chi connectivity index (χ0v) is 14.1. The highest BCUT2D eigenvalue weighted by atomic mass is 19.1. The van der Waals surface area contributed by atoms with Crippen molar-refractivity contribution in [2.75, 3.05) is 38.2 Å². The first-order valence-corrected chi connectivity index (χ1v) is 8.40. The molecule has 0 atom stereocenters. The maximum Gasteiger partial charge on any atom is 0.254 e. The molecule has 0 fully saturated rings. The summed E-state index contributed by atoms with van der Waals surface area (Å²) in [4.78, 5) is 17.9. The fourth-order valence-electron chi connectivity index (χ4n) is 2.96. The Morgan fingerprint density at radius 1 is 1.31 bits per heavy atom. The number of hydrogen-bond donors (Lipinski definition) is 1. The molecule has 1 aliphatic rings. The van der Waals surface area contributed by atoms with Crippen LogP contribution in [-0.4, -0.2) is 58.3 Å². The Morgan fingerprint density at radius 3 is 3.12 bits per heavy atom. The number of benzene rings is 1. The first-order valence-electron chi connectivity index (χ1n) is 8.40. The Balaban J connectivity index is 1.73. The molecular formula is C18H18FN5O2. The normalized spacial score (nSPS) is 14.6. The zero-order chi connectivity index (χ0) is 17.9. The number of alkyl halides is 1. The fraction of sp³-hybridized carbons (Fsp3) is 0.278. The van der Waals surface area contributed by atoms with Crippen molar-refractivity contribution >= 4 is 17.4 Å². The Kier molecular flexibility index (Phi) is 4.39. The fourth-order valence-corrected chi connectivity index (χ4v) is 2.96. The van der Waals surface area contributed by atoms with E-state index in [0.717, 1.165) is 16.8 Å². The Labute approximate surface area is 149 Å². The van der Waals surface area contributed by atoms with Gasteiger partial charge in [0.25, 0.3) is 5.91 Å². The van der Waals surface area contributed by atoms with E-state index in [9.17, 15) is 9.18 Å². The van der Waals surface area contributed by atoms with Gasteiger partial charge in [0.05, 0.1) is 12.7 Å². The van der Waals surface area contributed by atoms with E-state index >= 15 is 0 Å². The average Bonchev–Trinajstić information content (AvgIpc) is 3.09. The van der Waals surface area contributed by atoms with Gasteiger partial charge in [0.15, 0.2) is 12.3 Å². The second-order valence-corrected chi connectivity index (χ2v) is 5.96. The number of aromatic nitrogens is 3. The summed E-state index contributed by atoms with van der Waals surface area (Å²) in [6, 6.07) is 9.44. The SMILES string of the molecule is O=C(CF)N1CCNc2ccn3ncc(c3n2)-c2cccc(c2)OCC1. The number of rotatable bonds is 1. The minimum absolute atomic E-state index is 0.294. The second kappa shape index (κ2) is 6.99. The van der Waals surface area contributed by atoms with E-state index in [4.69, 9.17) is 4.74 Å². The molecule has 3 heterocycles. The van der Waals surface area contributed by atoms with E-state index in [1.165, 1.54) is 4.90 Å². The summed E-state index contributed by atoms with van der Waals surface area (Å²) in [6.07, 6.45) is 3.60. The average molecular weight is 355 g/mol. The highest BCUT2D eigenvalue weighted by Gasteiger charge is 2.15. The summed E-state index contributed by atoms with van der Waals surface area (Å²) in [5.41, 5.74) is 2.57. The molecule has 4 rings (SSSR count). The number of halogens is 1. The molecule has 0 saturated heterocycles. The van der Waals surface area contributed by atoms with E-state index in [1.54, 1.807) is 10.7 Å². The molecule has 0 saturated carbocycles. The van der Waals surface area contributed by atoms with Gasteiger partial charge in [-0.25, -0.2) is 13.9 Å². The predicted octanol–water partition coefficient (Wildman–Crippen LogP) is 2.00. The summed E-state index contributed by atoms with van der Waals surface area (Å²) in [5, 5.41) is 7.52. The van der Waals surface area contributed by atoms with Crippen LogP contribution in [-0.2, 0) is 4.79 Å². The lowest BCUT2D eigenvalue weighted by atomic mass is 10.1. The van der Waals surface area contributed by atoms with Crippen LogP contribution < -0.4 is 10.1 Å². The molecule has 134 valence electrons. The van der Waals surface area contributed by atoms with Gasteiger partial charge in [-0.2, -0.15) is 5.10 Å². The Hall–Kier alpha value is -3.16. The first kappa shape index (κ1) is 16.3. The first-order chi connectivity index (χ1) is 12.7. The molecule has 0 unspecified atom stereocenters. The van der Waals surface area contributed by atoms with Crippen molar-refractivity contribution in [1.29, 1.82) is 0 Å². The topological polar surface area (TPSA) is 71.8 Å². The largest absolute Gasteiger partial charge is 0.492 e. The zero-order valence-electron chi connectivity index (χ0n) is 14.1. The molecule has 4 bridgehead atoms. The number of amides is 1. The van der Waals surface area contributed by atoms with Gasteiger partial charge in [0.1, 0.15) is 18.2 Å². The van der Waals surface area contributed by atoms with Gasteiger partial charge >= 0.3 is 0 Å². The molecule has 1 aliphatic heterocycles. The molecule has 1 amide bonds. The van der Waals surface area contributed by atoms with E-state index in [1.807, 2.05) is 36.5 Å². The summed E-state index contributed by atoms with van der Waals surface area (Å²) in [5.74, 6) is 0.815. The molecule has 7 nitrogen and oxygen atoms in total. The predicted molar refractivity (Wildman–Crippen MR) is 95.0 cm³/mol. The van der Waals surface area contributed by atoms with Crippen LogP contribution in [0, 0.1) is 0 Å². The van der Waals surface area contributed by atoms with Crippen LogP contribution in [0.5, 0.6) is 5.75 Å². The van der Waals surface area contributed by atoms with Crippen LogP contribution >= 0.6 is 0 Å². The third-order valence-corrected chi connectivity index (χ3v) is 4.30. The van der Waals surface area contributed by atoms with Crippen LogP contribution in [0.1, 0.15) is 0 Å². The molecule has 2 aromatic heterocycles. The van der Waals surface area contributed by atoms with Gasteiger partial charge in [-0.05, 0) is 23.8 Å². The number of nitrogens with one attached hydrogen (secondary N) is 1. The summed E-state index contributed by atoms with van der Waals surface area (Å²) in [7, 11) is 0. The number of carbonyl (C=O) groups excluding carboxylic acids is 1. The van der Waals surface area contributed by atoms with Gasteiger partial charge in [-0.1, -0.05) is 12.1 Å². The summed E-state index contributed by atoms with van der Waals surface area (Å²) >= 11 is 0. The maximum absolute atomic E-state index is 12.8. The van der Waals surface area contributed by atoms with Gasteiger partial charge < -0.3 is 15.0 Å². The number of anilines is 1. The van der Waals surface area contributed by atoms with Crippen molar-refractivity contribution in [3.8, 4) is 16.9 Å². The monoisotopic (exact) mass is 355 g/mol. The quantitative estimate of drug-likeness (QED) is 0.723. The van der Waals surface area contributed by atoms with E-state index in [0.29, 0.717) is 37.8 Å². The summed E-state index contributed by atoms with van der Waals surface area (Å²) < 4.78 is 20.3. The summed E-state index contributed by atoms with van der Waals surface area (Å²) in [6.45, 7) is 0.427. The molecule has 26 heavy (non-hydrogen) atoms. The van der Waals surface area contributed by atoms with Crippen molar-refractivity contribution in [1.82, 2.24) is 19.5 Å². The molecule has 1 N–H and O–H groups in total. The van der Waals surface area contributed by atoms with E-state index in [2.05, 4.69) is 15.4 Å². The van der Waals surface area contributed by atoms with Gasteiger partial charge in [-0.3, -0.25) is 4.79 Å². The third kappa shape index (κ3) is 3.17. The van der Waals surface area contributed by atoms with Crippen molar-refractivity contribution in [2.45, 2.75) is 0 Å². The number of fused-ring (bicyclic) bond motifs is 4. The molecule has 1 aromatic carbocycles. The third-order valence-electron chi connectivity index (χ3n) is 4.30. The van der Waals surface area contributed by atoms with Crippen molar-refractivity contribution in [3.63, 3.8) is 0 Å². The second-order valence-electron chi connectivity index (χ2n) is 5.96. The van der Waals surface area contributed by atoms with Crippen LogP contribution in [0.2, 0.25) is 0 Å². The number of ether oxygens (including phenoxy) is 1. The maximum atomic E-state index is 12.8.